The Kier molecular flexibility index (Phi) is 5.16. The first kappa shape index (κ1) is 18.3. The van der Waals surface area contributed by atoms with E-state index in [-0.39, 0.29) is 11.5 Å². The van der Waals surface area contributed by atoms with Gasteiger partial charge in [-0.3, -0.25) is 14.6 Å². The molecule has 2 aromatic carbocycles. The number of carbonyl (C=O) groups excluding carboxylic acids is 1. The maximum atomic E-state index is 12.8. The standard InChI is InChI=1S/C21H17N3O3S/c25-19(7-13-4-5-16-10-22-11-17(16)6-13)15-3-1-2-14(8-15)18-9-20(24-23-18)28-12-21(26)27/h1-6,8,10H,7,9,11-12H2,(H,26,27). The quantitative estimate of drug-likeness (QED) is 0.764. The fourth-order valence-corrected chi connectivity index (χ4v) is 3.78. The number of rotatable bonds is 6. The van der Waals surface area contributed by atoms with E-state index in [9.17, 15) is 9.59 Å². The molecule has 2 aliphatic heterocycles. The molecule has 2 heterocycles. The van der Waals surface area contributed by atoms with Crippen LogP contribution in [0.4, 0.5) is 0 Å². The van der Waals surface area contributed by atoms with Gasteiger partial charge in [0.25, 0.3) is 0 Å². The van der Waals surface area contributed by atoms with Crippen LogP contribution in [0.15, 0.2) is 57.7 Å². The van der Waals surface area contributed by atoms with Gasteiger partial charge in [0.05, 0.1) is 18.0 Å². The lowest BCUT2D eigenvalue weighted by Gasteiger charge is -2.06. The second-order valence-electron chi connectivity index (χ2n) is 6.58. The molecule has 0 bridgehead atoms. The predicted molar refractivity (Wildman–Crippen MR) is 111 cm³/mol. The number of Topliss-reactive ketones (excluding diaryl/α,β-unsaturated/α-hetero) is 1. The number of fused-ring (bicyclic) bond motifs is 1. The third-order valence-corrected chi connectivity index (χ3v) is 5.50. The molecule has 7 heteroatoms. The summed E-state index contributed by atoms with van der Waals surface area (Å²) in [5, 5.41) is 17.6. The Morgan fingerprint density at radius 2 is 2.00 bits per heavy atom. The number of carboxylic acid groups (broad SMARTS) is 1. The zero-order valence-corrected chi connectivity index (χ0v) is 15.8. The number of benzene rings is 2. The van der Waals surface area contributed by atoms with Crippen molar-refractivity contribution >= 4 is 40.5 Å². The fraction of sp³-hybridized carbons (Fsp3) is 0.190. The van der Waals surface area contributed by atoms with Crippen molar-refractivity contribution in [3.63, 3.8) is 0 Å². The minimum atomic E-state index is -0.883. The van der Waals surface area contributed by atoms with Crippen LogP contribution in [0.2, 0.25) is 0 Å². The number of carbonyl (C=O) groups is 2. The molecule has 0 amide bonds. The van der Waals surface area contributed by atoms with Gasteiger partial charge in [-0.05, 0) is 28.3 Å². The smallest absolute Gasteiger partial charge is 0.313 e. The van der Waals surface area contributed by atoms with Gasteiger partial charge in [0.1, 0.15) is 5.04 Å². The summed E-state index contributed by atoms with van der Waals surface area (Å²) >= 11 is 1.17. The molecule has 6 nitrogen and oxygen atoms in total. The number of thioether (sulfide) groups is 1. The summed E-state index contributed by atoms with van der Waals surface area (Å²) in [6.45, 7) is 0.675. The van der Waals surface area contributed by atoms with Crippen molar-refractivity contribution in [3.05, 3.63) is 70.3 Å². The molecule has 140 valence electrons. The maximum Gasteiger partial charge on any atom is 0.313 e. The monoisotopic (exact) mass is 391 g/mol. The van der Waals surface area contributed by atoms with Crippen molar-refractivity contribution < 1.29 is 14.7 Å². The molecule has 0 spiro atoms. The maximum absolute atomic E-state index is 12.8. The topological polar surface area (TPSA) is 91.5 Å². The second-order valence-corrected chi connectivity index (χ2v) is 7.63. The largest absolute Gasteiger partial charge is 0.481 e. The number of carboxylic acids is 1. The third-order valence-electron chi connectivity index (χ3n) is 4.55. The molecular weight excluding hydrogens is 374 g/mol. The molecule has 0 saturated heterocycles. The minimum Gasteiger partial charge on any atom is -0.481 e. The Balaban J connectivity index is 1.43. The van der Waals surface area contributed by atoms with Crippen molar-refractivity contribution in [2.75, 3.05) is 5.75 Å². The molecule has 0 unspecified atom stereocenters. The number of nitrogens with zero attached hydrogens (tertiary/aromatic N) is 3. The summed E-state index contributed by atoms with van der Waals surface area (Å²) in [5.74, 6) is -0.876. The first-order valence-corrected chi connectivity index (χ1v) is 9.80. The molecule has 28 heavy (non-hydrogen) atoms. The van der Waals surface area contributed by atoms with E-state index in [1.807, 2.05) is 42.6 Å². The highest BCUT2D eigenvalue weighted by Crippen LogP contribution is 2.21. The number of aliphatic carboxylic acids is 1. The van der Waals surface area contributed by atoms with E-state index in [0.717, 1.165) is 28.0 Å². The van der Waals surface area contributed by atoms with Crippen LogP contribution < -0.4 is 0 Å². The summed E-state index contributed by atoms with van der Waals surface area (Å²) in [6.07, 6.45) is 2.68. The van der Waals surface area contributed by atoms with Crippen molar-refractivity contribution in [3.8, 4) is 0 Å². The zero-order valence-electron chi connectivity index (χ0n) is 15.0. The lowest BCUT2D eigenvalue weighted by Crippen LogP contribution is -2.08. The van der Waals surface area contributed by atoms with Crippen LogP contribution in [0.3, 0.4) is 0 Å². The van der Waals surface area contributed by atoms with Gasteiger partial charge in [-0.1, -0.05) is 48.2 Å². The SMILES string of the molecule is O=C(O)CSC1=NN=C(c2cccc(C(=O)Cc3ccc4c(c3)CN=C4)c2)C1. The average molecular weight is 391 g/mol. The van der Waals surface area contributed by atoms with E-state index < -0.39 is 5.97 Å². The Bertz CT molecular complexity index is 1060. The van der Waals surface area contributed by atoms with Crippen LogP contribution in [0, 0.1) is 0 Å². The van der Waals surface area contributed by atoms with Gasteiger partial charge in [-0.25, -0.2) is 0 Å². The highest BCUT2D eigenvalue weighted by molar-refractivity contribution is 8.14. The third kappa shape index (κ3) is 4.09. The summed E-state index contributed by atoms with van der Waals surface area (Å²) in [4.78, 5) is 27.7. The van der Waals surface area contributed by atoms with Gasteiger partial charge < -0.3 is 5.11 Å². The van der Waals surface area contributed by atoms with Crippen molar-refractivity contribution in [1.82, 2.24) is 0 Å². The Hall–Kier alpha value is -3.06. The van der Waals surface area contributed by atoms with Crippen LogP contribution in [-0.2, 0) is 17.8 Å². The minimum absolute atomic E-state index is 0.0357. The Morgan fingerprint density at radius 3 is 2.86 bits per heavy atom. The molecule has 0 saturated carbocycles. The molecule has 0 aliphatic carbocycles. The van der Waals surface area contributed by atoms with Crippen LogP contribution in [0.25, 0.3) is 0 Å². The summed E-state index contributed by atoms with van der Waals surface area (Å²) in [6, 6.07) is 13.4. The van der Waals surface area contributed by atoms with Crippen LogP contribution in [0.1, 0.15) is 39.0 Å². The average Bonchev–Trinajstić information content (AvgIpc) is 3.35. The molecule has 0 radical (unpaired) electrons. The summed E-state index contributed by atoms with van der Waals surface area (Å²) in [5.41, 5.74) is 5.47. The van der Waals surface area contributed by atoms with Crippen LogP contribution in [-0.4, -0.2) is 39.6 Å². The first-order valence-electron chi connectivity index (χ1n) is 8.82. The van der Waals surface area contributed by atoms with Crippen LogP contribution >= 0.6 is 11.8 Å². The molecule has 0 atom stereocenters. The van der Waals surface area contributed by atoms with Crippen molar-refractivity contribution in [1.29, 1.82) is 0 Å². The normalized spacial score (nSPS) is 14.6. The molecular formula is C21H17N3O3S. The number of aliphatic imine (C=N–C) groups is 1. The van der Waals surface area contributed by atoms with Crippen LogP contribution in [0.5, 0.6) is 0 Å². The van der Waals surface area contributed by atoms with Gasteiger partial charge in [0.2, 0.25) is 0 Å². The first-order chi connectivity index (χ1) is 13.6. The van der Waals surface area contributed by atoms with Crippen molar-refractivity contribution in [2.24, 2.45) is 15.2 Å². The van der Waals surface area contributed by atoms with Gasteiger partial charge in [0, 0.05) is 24.6 Å². The number of hydrogen-bond donors (Lipinski definition) is 1. The van der Waals surface area contributed by atoms with Gasteiger partial charge in [-0.2, -0.15) is 5.10 Å². The van der Waals surface area contributed by atoms with E-state index in [0.29, 0.717) is 30.0 Å². The predicted octanol–water partition coefficient (Wildman–Crippen LogP) is 3.37. The molecule has 0 fully saturated rings. The van der Waals surface area contributed by atoms with E-state index >= 15 is 0 Å². The molecule has 2 aliphatic rings. The molecule has 0 aromatic heterocycles. The van der Waals surface area contributed by atoms with Gasteiger partial charge in [-0.15, -0.1) is 5.10 Å². The highest BCUT2D eigenvalue weighted by Gasteiger charge is 2.18. The van der Waals surface area contributed by atoms with E-state index in [1.165, 1.54) is 11.8 Å². The van der Waals surface area contributed by atoms with Crippen molar-refractivity contribution in [2.45, 2.75) is 19.4 Å². The lowest BCUT2D eigenvalue weighted by atomic mass is 9.97. The van der Waals surface area contributed by atoms with Gasteiger partial charge >= 0.3 is 5.97 Å². The molecule has 2 aromatic rings. The molecule has 1 N–H and O–H groups in total. The zero-order chi connectivity index (χ0) is 19.5. The van der Waals surface area contributed by atoms with E-state index in [2.05, 4.69) is 15.2 Å². The Labute approximate surface area is 166 Å². The van der Waals surface area contributed by atoms with Gasteiger partial charge in [0.15, 0.2) is 5.78 Å². The highest BCUT2D eigenvalue weighted by atomic mass is 32.2. The van der Waals surface area contributed by atoms with E-state index in [4.69, 9.17) is 5.11 Å². The second kappa shape index (κ2) is 7.90. The lowest BCUT2D eigenvalue weighted by molar-refractivity contribution is -0.133. The summed E-state index contributed by atoms with van der Waals surface area (Å²) < 4.78 is 0. The Morgan fingerprint density at radius 1 is 1.11 bits per heavy atom. The van der Waals surface area contributed by atoms with E-state index in [1.54, 1.807) is 6.07 Å². The number of ketones is 1. The summed E-state index contributed by atoms with van der Waals surface area (Å²) in [7, 11) is 0. The fourth-order valence-electron chi connectivity index (χ4n) is 3.15. The molecule has 4 rings (SSSR count). The number of hydrogen-bond acceptors (Lipinski definition) is 6.